The molecule has 156 valence electrons. The lowest BCUT2D eigenvalue weighted by Crippen LogP contribution is -2.38. The number of carbonyl (C=O) groups excluding carboxylic acids is 1. The van der Waals surface area contributed by atoms with Crippen molar-refractivity contribution in [3.05, 3.63) is 59.2 Å². The molecule has 1 N–H and O–H groups in total. The summed E-state index contributed by atoms with van der Waals surface area (Å²) in [5, 5.41) is 2.88. The number of fused-ring (bicyclic) bond motifs is 1. The van der Waals surface area contributed by atoms with E-state index in [-0.39, 0.29) is 11.3 Å². The second-order valence-electron chi connectivity index (χ2n) is 8.81. The predicted molar refractivity (Wildman–Crippen MR) is 117 cm³/mol. The van der Waals surface area contributed by atoms with Crippen LogP contribution in [0.5, 0.6) is 11.5 Å². The van der Waals surface area contributed by atoms with Crippen molar-refractivity contribution in [3.63, 3.8) is 0 Å². The number of carbonyl (C=O) groups is 1. The van der Waals surface area contributed by atoms with E-state index in [1.807, 2.05) is 18.2 Å². The molecule has 1 amide bonds. The van der Waals surface area contributed by atoms with Crippen LogP contribution in [0.25, 0.3) is 0 Å². The summed E-state index contributed by atoms with van der Waals surface area (Å²) in [5.74, 6) is 1.45. The van der Waals surface area contributed by atoms with E-state index in [1.165, 1.54) is 29.5 Å². The molecule has 3 rings (SSSR count). The molecular formula is C25H33NO3. The van der Waals surface area contributed by atoms with E-state index < -0.39 is 6.10 Å². The molecule has 4 heteroatoms. The van der Waals surface area contributed by atoms with E-state index >= 15 is 0 Å². The van der Waals surface area contributed by atoms with Gasteiger partial charge in [0.05, 0.1) is 6.54 Å². The van der Waals surface area contributed by atoms with E-state index in [2.05, 4.69) is 50.4 Å². The molecule has 1 atom stereocenters. The van der Waals surface area contributed by atoms with Gasteiger partial charge in [0, 0.05) is 0 Å². The fourth-order valence-electron chi connectivity index (χ4n) is 3.58. The van der Waals surface area contributed by atoms with Crippen molar-refractivity contribution in [2.75, 3.05) is 13.2 Å². The largest absolute Gasteiger partial charge is 0.492 e. The van der Waals surface area contributed by atoms with E-state index in [9.17, 15) is 4.79 Å². The van der Waals surface area contributed by atoms with E-state index in [1.54, 1.807) is 6.92 Å². The van der Waals surface area contributed by atoms with Crippen molar-refractivity contribution >= 4 is 5.91 Å². The maximum absolute atomic E-state index is 12.3. The summed E-state index contributed by atoms with van der Waals surface area (Å²) in [6.07, 6.45) is 4.19. The Balaban J connectivity index is 1.41. The standard InChI is InChI=1S/C25H33NO3/c1-18(29-23-12-9-19-7-5-6-8-20(19)17-23)24(27)26-15-16-28-22-13-10-21(11-14-22)25(2,3)4/h9-14,17-18H,5-8,15-16H2,1-4H3,(H,26,27). The molecule has 0 heterocycles. The number of aryl methyl sites for hydroxylation is 2. The maximum Gasteiger partial charge on any atom is 0.260 e. The van der Waals surface area contributed by atoms with Crippen LogP contribution in [0, 0.1) is 0 Å². The third kappa shape index (κ3) is 5.99. The second kappa shape index (κ2) is 9.34. The van der Waals surface area contributed by atoms with Gasteiger partial charge in [0.1, 0.15) is 18.1 Å². The molecule has 4 nitrogen and oxygen atoms in total. The average molecular weight is 396 g/mol. The lowest BCUT2D eigenvalue weighted by molar-refractivity contribution is -0.127. The third-order valence-corrected chi connectivity index (χ3v) is 5.39. The highest BCUT2D eigenvalue weighted by Crippen LogP contribution is 2.26. The van der Waals surface area contributed by atoms with Crippen LogP contribution in [-0.2, 0) is 23.1 Å². The number of nitrogens with one attached hydrogen (secondary N) is 1. The first-order valence-electron chi connectivity index (χ1n) is 10.6. The zero-order valence-electron chi connectivity index (χ0n) is 18.1. The van der Waals surface area contributed by atoms with Gasteiger partial charge in [-0.25, -0.2) is 0 Å². The number of amides is 1. The zero-order chi connectivity index (χ0) is 20.9. The van der Waals surface area contributed by atoms with Crippen LogP contribution < -0.4 is 14.8 Å². The van der Waals surface area contributed by atoms with E-state index in [0.29, 0.717) is 13.2 Å². The molecule has 0 aromatic heterocycles. The minimum absolute atomic E-state index is 0.126. The zero-order valence-corrected chi connectivity index (χ0v) is 18.1. The first-order valence-corrected chi connectivity index (χ1v) is 10.6. The topological polar surface area (TPSA) is 47.6 Å². The molecular weight excluding hydrogens is 362 g/mol. The molecule has 0 saturated carbocycles. The predicted octanol–water partition coefficient (Wildman–Crippen LogP) is 4.83. The third-order valence-electron chi connectivity index (χ3n) is 5.39. The van der Waals surface area contributed by atoms with Crippen molar-refractivity contribution in [2.45, 2.75) is 64.9 Å². The fourth-order valence-corrected chi connectivity index (χ4v) is 3.58. The Morgan fingerprint density at radius 2 is 1.66 bits per heavy atom. The van der Waals surface area contributed by atoms with Crippen LogP contribution in [-0.4, -0.2) is 25.2 Å². The van der Waals surface area contributed by atoms with Crippen molar-refractivity contribution < 1.29 is 14.3 Å². The fraction of sp³-hybridized carbons (Fsp3) is 0.480. The Morgan fingerprint density at radius 3 is 2.34 bits per heavy atom. The van der Waals surface area contributed by atoms with Crippen LogP contribution in [0.2, 0.25) is 0 Å². The monoisotopic (exact) mass is 395 g/mol. The molecule has 0 aliphatic heterocycles. The van der Waals surface area contributed by atoms with Gasteiger partial charge in [-0.15, -0.1) is 0 Å². The summed E-state index contributed by atoms with van der Waals surface area (Å²) in [6, 6.07) is 14.3. The molecule has 0 spiro atoms. The quantitative estimate of drug-likeness (QED) is 0.684. The Kier molecular flexibility index (Phi) is 6.83. The molecule has 0 saturated heterocycles. The number of hydrogen-bond donors (Lipinski definition) is 1. The highest BCUT2D eigenvalue weighted by Gasteiger charge is 2.16. The normalized spacial score (nSPS) is 14.6. The molecule has 0 fully saturated rings. The Bertz CT molecular complexity index is 821. The lowest BCUT2D eigenvalue weighted by atomic mass is 9.87. The van der Waals surface area contributed by atoms with Gasteiger partial charge in [0.15, 0.2) is 6.10 Å². The van der Waals surface area contributed by atoms with Crippen molar-refractivity contribution in [3.8, 4) is 11.5 Å². The summed E-state index contributed by atoms with van der Waals surface area (Å²) in [4.78, 5) is 12.3. The molecule has 0 radical (unpaired) electrons. The molecule has 1 aliphatic rings. The first-order chi connectivity index (χ1) is 13.8. The summed E-state index contributed by atoms with van der Waals surface area (Å²) < 4.78 is 11.6. The highest BCUT2D eigenvalue weighted by molar-refractivity contribution is 5.80. The van der Waals surface area contributed by atoms with Gasteiger partial charge in [-0.2, -0.15) is 0 Å². The number of rotatable bonds is 7. The average Bonchev–Trinajstić information content (AvgIpc) is 2.70. The highest BCUT2D eigenvalue weighted by atomic mass is 16.5. The van der Waals surface area contributed by atoms with Crippen LogP contribution in [0.4, 0.5) is 0 Å². The minimum Gasteiger partial charge on any atom is -0.492 e. The Hall–Kier alpha value is -2.49. The molecule has 0 bridgehead atoms. The van der Waals surface area contributed by atoms with E-state index in [0.717, 1.165) is 24.3 Å². The van der Waals surface area contributed by atoms with Crippen LogP contribution in [0.15, 0.2) is 42.5 Å². The maximum atomic E-state index is 12.3. The number of hydrogen-bond acceptors (Lipinski definition) is 3. The second-order valence-corrected chi connectivity index (χ2v) is 8.81. The molecule has 2 aromatic rings. The van der Waals surface area contributed by atoms with Crippen molar-refractivity contribution in [2.24, 2.45) is 0 Å². The van der Waals surface area contributed by atoms with Gasteiger partial charge >= 0.3 is 0 Å². The molecule has 2 aromatic carbocycles. The minimum atomic E-state index is -0.539. The smallest absolute Gasteiger partial charge is 0.260 e. The summed E-state index contributed by atoms with van der Waals surface area (Å²) in [5.41, 5.74) is 4.16. The lowest BCUT2D eigenvalue weighted by Gasteiger charge is -2.19. The SMILES string of the molecule is CC(Oc1ccc2c(c1)CCCC2)C(=O)NCCOc1ccc(C(C)(C)C)cc1. The van der Waals surface area contributed by atoms with E-state index in [4.69, 9.17) is 9.47 Å². The van der Waals surface area contributed by atoms with Gasteiger partial charge in [0.2, 0.25) is 0 Å². The van der Waals surface area contributed by atoms with Crippen LogP contribution in [0.3, 0.4) is 0 Å². The molecule has 29 heavy (non-hydrogen) atoms. The number of benzene rings is 2. The molecule has 1 unspecified atom stereocenters. The van der Waals surface area contributed by atoms with Gasteiger partial charge in [-0.3, -0.25) is 4.79 Å². The van der Waals surface area contributed by atoms with Gasteiger partial charge < -0.3 is 14.8 Å². The van der Waals surface area contributed by atoms with Crippen LogP contribution in [0.1, 0.15) is 57.2 Å². The Labute approximate surface area is 174 Å². The molecule has 1 aliphatic carbocycles. The van der Waals surface area contributed by atoms with Gasteiger partial charge in [-0.05, 0) is 79.0 Å². The summed E-state index contributed by atoms with van der Waals surface area (Å²) in [7, 11) is 0. The van der Waals surface area contributed by atoms with Gasteiger partial charge in [-0.1, -0.05) is 39.0 Å². The number of ether oxygens (including phenoxy) is 2. The van der Waals surface area contributed by atoms with Crippen molar-refractivity contribution in [1.82, 2.24) is 5.32 Å². The van der Waals surface area contributed by atoms with Crippen molar-refractivity contribution in [1.29, 1.82) is 0 Å². The Morgan fingerprint density at radius 1 is 1.00 bits per heavy atom. The van der Waals surface area contributed by atoms with Gasteiger partial charge in [0.25, 0.3) is 5.91 Å². The summed E-state index contributed by atoms with van der Waals surface area (Å²) in [6.45, 7) is 9.20. The summed E-state index contributed by atoms with van der Waals surface area (Å²) >= 11 is 0. The first kappa shape index (κ1) is 21.2. The van der Waals surface area contributed by atoms with Crippen LogP contribution >= 0.6 is 0 Å².